The van der Waals surface area contributed by atoms with Gasteiger partial charge in [-0.2, -0.15) is 0 Å². The molecule has 0 amide bonds. The number of quaternary nitrogens is 2. The van der Waals surface area contributed by atoms with Gasteiger partial charge in [0, 0.05) is 5.39 Å². The molecule has 0 radical (unpaired) electrons. The molecule has 0 atom stereocenters. The Hall–Kier alpha value is 0.140. The first-order valence-electron chi connectivity index (χ1n) is 10.6. The van der Waals surface area contributed by atoms with E-state index in [0.717, 1.165) is 26.9 Å². The monoisotopic (exact) mass is 614 g/mol. The van der Waals surface area contributed by atoms with Crippen LogP contribution in [0.1, 0.15) is 52.2 Å². The van der Waals surface area contributed by atoms with E-state index < -0.39 is 0 Å². The van der Waals surface area contributed by atoms with Gasteiger partial charge in [-0.15, -0.1) is 0 Å². The molecule has 0 aliphatic heterocycles. The van der Waals surface area contributed by atoms with E-state index in [2.05, 4.69) is 65.2 Å². The summed E-state index contributed by atoms with van der Waals surface area (Å²) in [6.07, 6.45) is 5.38. The second-order valence-corrected chi connectivity index (χ2v) is 8.50. The highest BCUT2D eigenvalue weighted by molar-refractivity contribution is 5.77. The minimum Gasteiger partial charge on any atom is -1.00 e. The maximum atomic E-state index is 6.10. The molecule has 0 fully saturated rings. The fraction of sp³-hybridized carbons (Fsp3) is 0.652. The van der Waals surface area contributed by atoms with Crippen molar-refractivity contribution in [2.24, 2.45) is 0 Å². The summed E-state index contributed by atoms with van der Waals surface area (Å²) < 4.78 is 8.39. The van der Waals surface area contributed by atoms with Crippen molar-refractivity contribution < 1.29 is 61.3 Å². The van der Waals surface area contributed by atoms with Gasteiger partial charge in [0.2, 0.25) is 0 Å². The molecular formula is C23H40I2N2O. The molecule has 0 unspecified atom stereocenters. The van der Waals surface area contributed by atoms with E-state index in [9.17, 15) is 0 Å². The van der Waals surface area contributed by atoms with E-state index in [-0.39, 0.29) is 48.0 Å². The number of benzene rings is 1. The van der Waals surface area contributed by atoms with Crippen LogP contribution < -0.4 is 48.0 Å². The topological polar surface area (TPSA) is 13.1 Å². The lowest BCUT2D eigenvalue weighted by atomic mass is 10.1. The summed E-state index contributed by atoms with van der Waals surface area (Å²) in [4.78, 5) is 0. The van der Waals surface area contributed by atoms with Crippen LogP contribution in [0.5, 0.6) is 0 Å². The van der Waals surface area contributed by atoms with Gasteiger partial charge in [0.1, 0.15) is 12.1 Å². The Bertz CT molecular complexity index is 632. The minimum atomic E-state index is 0. The molecule has 5 heteroatoms. The number of fused-ring (bicyclic) bond motifs is 1. The molecule has 0 aliphatic rings. The lowest BCUT2D eigenvalue weighted by Gasteiger charge is -2.36. The molecule has 3 nitrogen and oxygen atoms in total. The molecular weight excluding hydrogens is 574 g/mol. The molecule has 2 aromatic rings. The van der Waals surface area contributed by atoms with Crippen molar-refractivity contribution in [2.45, 2.75) is 53.0 Å². The zero-order chi connectivity index (χ0) is 19.0. The molecule has 0 saturated carbocycles. The highest BCUT2D eigenvalue weighted by Crippen LogP contribution is 2.23. The van der Waals surface area contributed by atoms with Crippen molar-refractivity contribution in [2.75, 3.05) is 46.8 Å². The number of furan rings is 1. The van der Waals surface area contributed by atoms with E-state index in [1.165, 1.54) is 63.8 Å². The Kier molecular flexibility index (Phi) is 13.5. The number of halogens is 2. The van der Waals surface area contributed by atoms with Crippen LogP contribution in [-0.4, -0.2) is 55.8 Å². The molecule has 0 N–H and O–H groups in total. The Morgan fingerprint density at radius 3 is 1.96 bits per heavy atom. The number of hydrogen-bond acceptors (Lipinski definition) is 1. The summed E-state index contributed by atoms with van der Waals surface area (Å²) in [5, 5.41) is 1.23. The standard InChI is InChI=1S/C23H40N2O.2HI/c1-6-24(4,5)17-13-9-10-14-18-25(7-2,8-3)20-22-19-21-15-11-12-16-23(21)26-22;;/h11-12,15-16,19H,6-10,13-14,17-18,20H2,1-5H3;2*1H/q+2;;/p-2. The average molecular weight is 614 g/mol. The van der Waals surface area contributed by atoms with Crippen molar-refractivity contribution in [1.29, 1.82) is 0 Å². The number of para-hydroxylation sites is 1. The minimum absolute atomic E-state index is 0. The Morgan fingerprint density at radius 1 is 0.786 bits per heavy atom. The predicted molar refractivity (Wildman–Crippen MR) is 112 cm³/mol. The van der Waals surface area contributed by atoms with Crippen LogP contribution in [-0.2, 0) is 6.54 Å². The van der Waals surface area contributed by atoms with E-state index >= 15 is 0 Å². The van der Waals surface area contributed by atoms with Gasteiger partial charge < -0.3 is 61.3 Å². The highest BCUT2D eigenvalue weighted by atomic mass is 127. The summed E-state index contributed by atoms with van der Waals surface area (Å²) in [7, 11) is 4.67. The summed E-state index contributed by atoms with van der Waals surface area (Å²) >= 11 is 0. The maximum Gasteiger partial charge on any atom is 0.159 e. The summed E-state index contributed by atoms with van der Waals surface area (Å²) in [6.45, 7) is 14.1. The molecule has 0 aliphatic carbocycles. The zero-order valence-corrected chi connectivity index (χ0v) is 22.8. The molecule has 0 saturated heterocycles. The summed E-state index contributed by atoms with van der Waals surface area (Å²) in [5.74, 6) is 1.14. The van der Waals surface area contributed by atoms with Crippen molar-refractivity contribution in [3.63, 3.8) is 0 Å². The maximum absolute atomic E-state index is 6.10. The Balaban J connectivity index is 0.00000364. The van der Waals surface area contributed by atoms with E-state index in [1.54, 1.807) is 0 Å². The van der Waals surface area contributed by atoms with Crippen molar-refractivity contribution in [3.05, 3.63) is 36.1 Å². The van der Waals surface area contributed by atoms with Gasteiger partial charge in [0.05, 0.1) is 46.8 Å². The van der Waals surface area contributed by atoms with Crippen LogP contribution >= 0.6 is 0 Å². The van der Waals surface area contributed by atoms with Crippen LogP contribution in [0.25, 0.3) is 11.0 Å². The van der Waals surface area contributed by atoms with Crippen LogP contribution in [0.3, 0.4) is 0 Å². The highest BCUT2D eigenvalue weighted by Gasteiger charge is 2.25. The number of rotatable bonds is 12. The zero-order valence-electron chi connectivity index (χ0n) is 18.5. The summed E-state index contributed by atoms with van der Waals surface area (Å²) in [6, 6.07) is 10.6. The molecule has 1 aromatic heterocycles. The molecule has 162 valence electrons. The fourth-order valence-corrected chi connectivity index (χ4v) is 3.79. The second kappa shape index (κ2) is 13.4. The number of hydrogen-bond donors (Lipinski definition) is 0. The molecule has 0 spiro atoms. The van der Waals surface area contributed by atoms with E-state index in [0.29, 0.717) is 0 Å². The van der Waals surface area contributed by atoms with Crippen LogP contribution in [0, 0.1) is 0 Å². The van der Waals surface area contributed by atoms with Gasteiger partial charge in [0.15, 0.2) is 5.76 Å². The smallest absolute Gasteiger partial charge is 0.159 e. The van der Waals surface area contributed by atoms with Gasteiger partial charge in [-0.25, -0.2) is 0 Å². The molecule has 28 heavy (non-hydrogen) atoms. The molecule has 1 aromatic carbocycles. The van der Waals surface area contributed by atoms with Gasteiger partial charge in [-0.05, 0) is 58.6 Å². The summed E-state index contributed by atoms with van der Waals surface area (Å²) in [5.41, 5.74) is 1.02. The normalized spacial score (nSPS) is 11.9. The third-order valence-electron chi connectivity index (χ3n) is 6.31. The van der Waals surface area contributed by atoms with Gasteiger partial charge in [-0.3, -0.25) is 0 Å². The van der Waals surface area contributed by atoms with Crippen LogP contribution in [0.2, 0.25) is 0 Å². The average Bonchev–Trinajstić information content (AvgIpc) is 3.05. The first kappa shape index (κ1) is 28.1. The first-order chi connectivity index (χ1) is 12.4. The lowest BCUT2D eigenvalue weighted by Crippen LogP contribution is -3.00. The Morgan fingerprint density at radius 2 is 1.39 bits per heavy atom. The predicted octanol–water partition coefficient (Wildman–Crippen LogP) is -0.546. The molecule has 2 rings (SSSR count). The SMILES string of the molecule is CC[N+](C)(C)CCCCCC[N+](CC)(CC)Cc1cc2ccccc2o1.[I-].[I-]. The van der Waals surface area contributed by atoms with E-state index in [1.807, 2.05) is 0 Å². The molecule has 1 heterocycles. The largest absolute Gasteiger partial charge is 1.00 e. The third kappa shape index (κ3) is 8.48. The Labute approximate surface area is 207 Å². The van der Waals surface area contributed by atoms with Crippen molar-refractivity contribution in [3.8, 4) is 0 Å². The first-order valence-corrected chi connectivity index (χ1v) is 10.6. The second-order valence-electron chi connectivity index (χ2n) is 8.50. The van der Waals surface area contributed by atoms with Crippen molar-refractivity contribution >= 4 is 11.0 Å². The number of unbranched alkanes of at least 4 members (excludes halogenated alkanes) is 3. The third-order valence-corrected chi connectivity index (χ3v) is 6.31. The lowest BCUT2D eigenvalue weighted by molar-refractivity contribution is -0.938. The number of nitrogens with zero attached hydrogens (tertiary/aromatic N) is 2. The quantitative estimate of drug-likeness (QED) is 0.178. The van der Waals surface area contributed by atoms with Crippen molar-refractivity contribution in [1.82, 2.24) is 0 Å². The van der Waals surface area contributed by atoms with Gasteiger partial charge >= 0.3 is 0 Å². The van der Waals surface area contributed by atoms with Gasteiger partial charge in [-0.1, -0.05) is 18.2 Å². The van der Waals surface area contributed by atoms with Crippen LogP contribution in [0.4, 0.5) is 0 Å². The van der Waals surface area contributed by atoms with E-state index in [4.69, 9.17) is 4.42 Å². The van der Waals surface area contributed by atoms with Gasteiger partial charge in [0.25, 0.3) is 0 Å². The molecule has 0 bridgehead atoms. The fourth-order valence-electron chi connectivity index (χ4n) is 3.79. The van der Waals surface area contributed by atoms with Crippen LogP contribution in [0.15, 0.2) is 34.7 Å².